The molecule has 4 rings (SSSR count). The number of hydrogen-bond acceptors (Lipinski definition) is 2. The molecular formula is C24H27N3O2. The maximum Gasteiger partial charge on any atom is 0.250 e. The molecule has 150 valence electrons. The van der Waals surface area contributed by atoms with E-state index in [-0.39, 0.29) is 18.5 Å². The minimum atomic E-state index is -0.475. The van der Waals surface area contributed by atoms with Gasteiger partial charge in [0.1, 0.15) is 6.54 Å². The molecule has 5 heteroatoms. The quantitative estimate of drug-likeness (QED) is 0.718. The van der Waals surface area contributed by atoms with Gasteiger partial charge in [-0.3, -0.25) is 9.59 Å². The molecule has 2 aromatic carbocycles. The summed E-state index contributed by atoms with van der Waals surface area (Å²) in [6.07, 6.45) is 6.16. The predicted octanol–water partition coefficient (Wildman–Crippen LogP) is 3.93. The fraction of sp³-hybridized carbons (Fsp3) is 0.333. The molecule has 29 heavy (non-hydrogen) atoms. The highest BCUT2D eigenvalue weighted by molar-refractivity contribution is 6.06. The van der Waals surface area contributed by atoms with Gasteiger partial charge in [0.15, 0.2) is 0 Å². The number of aromatic nitrogens is 1. The van der Waals surface area contributed by atoms with Gasteiger partial charge >= 0.3 is 0 Å². The minimum absolute atomic E-state index is 0.0506. The van der Waals surface area contributed by atoms with Crippen molar-refractivity contribution in [1.29, 1.82) is 0 Å². The summed E-state index contributed by atoms with van der Waals surface area (Å²) >= 11 is 0. The van der Waals surface area contributed by atoms with Gasteiger partial charge in [-0.05, 0) is 24.5 Å². The van der Waals surface area contributed by atoms with Crippen LogP contribution in [0.25, 0.3) is 10.9 Å². The number of carbonyl (C=O) groups is 2. The Labute approximate surface area is 171 Å². The summed E-state index contributed by atoms with van der Waals surface area (Å²) in [6.45, 7) is 0.197. The molecule has 1 fully saturated rings. The summed E-state index contributed by atoms with van der Waals surface area (Å²) in [5, 5.41) is 0.787. The minimum Gasteiger partial charge on any atom is -0.366 e. The van der Waals surface area contributed by atoms with E-state index in [1.807, 2.05) is 46.8 Å². The molecule has 2 unspecified atom stereocenters. The molecule has 1 heterocycles. The van der Waals surface area contributed by atoms with Crippen LogP contribution in [0.3, 0.4) is 0 Å². The van der Waals surface area contributed by atoms with E-state index in [2.05, 4.69) is 24.3 Å². The molecule has 0 spiro atoms. The van der Waals surface area contributed by atoms with Crippen molar-refractivity contribution in [1.82, 2.24) is 9.47 Å². The molecule has 2 N–H and O–H groups in total. The summed E-state index contributed by atoms with van der Waals surface area (Å²) in [6, 6.07) is 18.3. The lowest BCUT2D eigenvalue weighted by atomic mass is 9.79. The highest BCUT2D eigenvalue weighted by Crippen LogP contribution is 2.36. The molecule has 0 radical (unpaired) electrons. The largest absolute Gasteiger partial charge is 0.366 e. The maximum absolute atomic E-state index is 13.2. The van der Waals surface area contributed by atoms with E-state index in [9.17, 15) is 9.59 Å². The standard InChI is InChI=1S/C24H27N3O2/c1-26(21-13-7-5-11-18(21)17-9-3-2-4-10-17)23(28)16-27-15-20(24(25)29)19-12-6-8-14-22(19)27/h2-4,6,8-10,12,14-15,18,21H,5,7,11,13,16H2,1H3,(H2,25,29). The van der Waals surface area contributed by atoms with Gasteiger partial charge in [-0.15, -0.1) is 0 Å². The number of para-hydroxylation sites is 1. The lowest BCUT2D eigenvalue weighted by molar-refractivity contribution is -0.133. The number of nitrogens with two attached hydrogens (primary N) is 1. The third-order valence-corrected chi connectivity index (χ3v) is 6.21. The van der Waals surface area contributed by atoms with E-state index in [1.54, 1.807) is 6.20 Å². The van der Waals surface area contributed by atoms with Crippen molar-refractivity contribution in [3.8, 4) is 0 Å². The Morgan fingerprint density at radius 2 is 1.72 bits per heavy atom. The Bertz CT molecular complexity index is 1030. The van der Waals surface area contributed by atoms with Gasteiger partial charge in [-0.2, -0.15) is 0 Å². The van der Waals surface area contributed by atoms with E-state index in [1.165, 1.54) is 12.0 Å². The molecule has 0 aliphatic heterocycles. The lowest BCUT2D eigenvalue weighted by Crippen LogP contribution is -2.43. The molecule has 2 atom stereocenters. The first-order chi connectivity index (χ1) is 14.1. The van der Waals surface area contributed by atoms with Crippen molar-refractivity contribution in [3.63, 3.8) is 0 Å². The van der Waals surface area contributed by atoms with Crippen molar-refractivity contribution < 1.29 is 9.59 Å². The van der Waals surface area contributed by atoms with Crippen LogP contribution < -0.4 is 5.73 Å². The first kappa shape index (κ1) is 19.2. The average molecular weight is 389 g/mol. The first-order valence-electron chi connectivity index (χ1n) is 10.2. The van der Waals surface area contributed by atoms with Crippen LogP contribution in [0.4, 0.5) is 0 Å². The second kappa shape index (κ2) is 8.11. The van der Waals surface area contributed by atoms with Crippen LogP contribution in [0.1, 0.15) is 47.5 Å². The predicted molar refractivity (Wildman–Crippen MR) is 115 cm³/mol. The van der Waals surface area contributed by atoms with Crippen LogP contribution in [0.15, 0.2) is 60.8 Å². The van der Waals surface area contributed by atoms with Crippen molar-refractivity contribution >= 4 is 22.7 Å². The van der Waals surface area contributed by atoms with Crippen molar-refractivity contribution in [2.45, 2.75) is 44.2 Å². The van der Waals surface area contributed by atoms with Gasteiger partial charge in [0.05, 0.1) is 5.56 Å². The fourth-order valence-electron chi connectivity index (χ4n) is 4.68. The molecule has 2 amide bonds. The summed E-state index contributed by atoms with van der Waals surface area (Å²) in [4.78, 5) is 26.9. The Balaban J connectivity index is 1.58. The molecule has 1 aromatic heterocycles. The van der Waals surface area contributed by atoms with E-state index in [0.717, 1.165) is 30.2 Å². The number of amides is 2. The summed E-state index contributed by atoms with van der Waals surface area (Å²) in [5.74, 6) is -0.0618. The Kier molecular flexibility index (Phi) is 5.38. The smallest absolute Gasteiger partial charge is 0.250 e. The van der Waals surface area contributed by atoms with Crippen molar-refractivity contribution in [3.05, 3.63) is 71.9 Å². The number of fused-ring (bicyclic) bond motifs is 1. The van der Waals surface area contributed by atoms with Crippen molar-refractivity contribution in [2.24, 2.45) is 5.73 Å². The number of hydrogen-bond donors (Lipinski definition) is 1. The van der Waals surface area contributed by atoms with Crippen LogP contribution >= 0.6 is 0 Å². The topological polar surface area (TPSA) is 68.3 Å². The van der Waals surface area contributed by atoms with Gasteiger partial charge < -0.3 is 15.2 Å². The highest BCUT2D eigenvalue weighted by Gasteiger charge is 2.32. The zero-order valence-corrected chi connectivity index (χ0v) is 16.8. The molecule has 5 nitrogen and oxygen atoms in total. The Morgan fingerprint density at radius 3 is 2.48 bits per heavy atom. The number of rotatable bonds is 5. The Hall–Kier alpha value is -3.08. The molecule has 1 aliphatic rings. The Morgan fingerprint density at radius 1 is 1.03 bits per heavy atom. The lowest BCUT2D eigenvalue weighted by Gasteiger charge is -2.38. The number of benzene rings is 2. The number of nitrogens with zero attached hydrogens (tertiary/aromatic N) is 2. The normalized spacial score (nSPS) is 19.2. The second-order valence-corrected chi connectivity index (χ2v) is 7.93. The molecular weight excluding hydrogens is 362 g/mol. The summed E-state index contributed by atoms with van der Waals surface area (Å²) < 4.78 is 1.84. The molecule has 0 bridgehead atoms. The van der Waals surface area contributed by atoms with Crippen LogP contribution in [-0.4, -0.2) is 34.4 Å². The fourth-order valence-corrected chi connectivity index (χ4v) is 4.68. The highest BCUT2D eigenvalue weighted by atomic mass is 16.2. The second-order valence-electron chi connectivity index (χ2n) is 7.93. The van der Waals surface area contributed by atoms with Crippen molar-refractivity contribution in [2.75, 3.05) is 7.05 Å². The average Bonchev–Trinajstić information content (AvgIpc) is 3.12. The number of carbonyl (C=O) groups excluding carboxylic acids is 2. The van der Waals surface area contributed by atoms with Crippen LogP contribution in [0.5, 0.6) is 0 Å². The SMILES string of the molecule is CN(C(=O)Cn1cc(C(N)=O)c2ccccc21)C1CCCCC1c1ccccc1. The molecule has 1 saturated carbocycles. The molecule has 0 saturated heterocycles. The third-order valence-electron chi connectivity index (χ3n) is 6.21. The van der Waals surface area contributed by atoms with Gasteiger partial charge in [-0.1, -0.05) is 61.4 Å². The summed E-state index contributed by atoms with van der Waals surface area (Å²) in [5.41, 5.74) is 8.15. The maximum atomic E-state index is 13.2. The van der Waals surface area contributed by atoms with Gasteiger partial charge in [0.2, 0.25) is 5.91 Å². The first-order valence-corrected chi connectivity index (χ1v) is 10.2. The van der Waals surface area contributed by atoms with Gasteiger partial charge in [0, 0.05) is 36.1 Å². The monoisotopic (exact) mass is 389 g/mol. The van der Waals surface area contributed by atoms with Gasteiger partial charge in [-0.25, -0.2) is 0 Å². The zero-order valence-electron chi connectivity index (χ0n) is 16.8. The number of primary amides is 1. The van der Waals surface area contributed by atoms with Crippen LogP contribution in [-0.2, 0) is 11.3 Å². The van der Waals surface area contributed by atoms with E-state index in [0.29, 0.717) is 11.5 Å². The molecule has 1 aliphatic carbocycles. The van der Waals surface area contributed by atoms with Crippen LogP contribution in [0, 0.1) is 0 Å². The van der Waals surface area contributed by atoms with E-state index in [4.69, 9.17) is 5.73 Å². The zero-order chi connectivity index (χ0) is 20.4. The molecule has 3 aromatic rings. The van der Waals surface area contributed by atoms with Gasteiger partial charge in [0.25, 0.3) is 5.91 Å². The van der Waals surface area contributed by atoms with E-state index < -0.39 is 5.91 Å². The summed E-state index contributed by atoms with van der Waals surface area (Å²) in [7, 11) is 1.91. The number of likely N-dealkylation sites (N-methyl/N-ethyl adjacent to an activating group) is 1. The van der Waals surface area contributed by atoms with Crippen LogP contribution in [0.2, 0.25) is 0 Å². The third kappa shape index (κ3) is 3.77. The van der Waals surface area contributed by atoms with E-state index >= 15 is 0 Å².